The van der Waals surface area contributed by atoms with Gasteiger partial charge in [0.25, 0.3) is 11.1 Å². The molecule has 0 aromatic carbocycles. The number of imidazole rings is 2. The Hall–Kier alpha value is -3.72. The van der Waals surface area contributed by atoms with Crippen LogP contribution in [-0.4, -0.2) is 97.9 Å². The molecule has 4 aromatic heterocycles. The zero-order valence-corrected chi connectivity index (χ0v) is 31.7. The normalized spacial score (nSPS) is 24.5. The Bertz CT molecular complexity index is 1970. The maximum absolute atomic E-state index is 12.7. The van der Waals surface area contributed by atoms with Crippen molar-refractivity contribution in [1.29, 1.82) is 0 Å². The van der Waals surface area contributed by atoms with E-state index in [4.69, 9.17) is 14.2 Å². The lowest BCUT2D eigenvalue weighted by Crippen LogP contribution is -2.35. The SMILES string of the molecule is C[C@@H]1CN(C(=O)OC(C)(C)C)C[C@H]1c1cn2c(C3CCOCC3)ncc2c(=O)[nH]1.C[C@@H]1CNC[C@H]1c1cn2c(C3CCOCC3)ncc2c(=O)[nH]1.Cl. The number of hydrogen-bond donors (Lipinski definition) is 3. The van der Waals surface area contributed by atoms with Crippen LogP contribution in [0.2, 0.25) is 0 Å². The maximum Gasteiger partial charge on any atom is 0.410 e. The van der Waals surface area contributed by atoms with Gasteiger partial charge in [0.1, 0.15) is 28.3 Å². The number of rotatable bonds is 4. The first-order valence-electron chi connectivity index (χ1n) is 18.5. The van der Waals surface area contributed by atoms with Gasteiger partial charge in [0.15, 0.2) is 0 Å². The van der Waals surface area contributed by atoms with E-state index in [0.29, 0.717) is 47.8 Å². The van der Waals surface area contributed by atoms with Crippen LogP contribution in [-0.2, 0) is 14.2 Å². The van der Waals surface area contributed by atoms with Crippen LogP contribution in [0.5, 0.6) is 0 Å². The summed E-state index contributed by atoms with van der Waals surface area (Å²) in [6.45, 7) is 16.0. The van der Waals surface area contributed by atoms with Gasteiger partial charge in [-0.1, -0.05) is 13.8 Å². The second-order valence-corrected chi connectivity index (χ2v) is 15.8. The Balaban J connectivity index is 0.000000181. The number of fused-ring (bicyclic) bond motifs is 2. The van der Waals surface area contributed by atoms with Gasteiger partial charge in [-0.3, -0.25) is 18.4 Å². The number of nitrogens with zero attached hydrogens (tertiary/aromatic N) is 5. The minimum atomic E-state index is -0.527. The number of H-pyrrole nitrogens is 2. The van der Waals surface area contributed by atoms with Crippen molar-refractivity contribution in [2.24, 2.45) is 11.8 Å². The van der Waals surface area contributed by atoms with E-state index in [-0.39, 0.29) is 41.5 Å². The van der Waals surface area contributed by atoms with E-state index in [9.17, 15) is 14.4 Å². The number of nitrogens with one attached hydrogen (secondary N) is 3. The fourth-order valence-corrected chi connectivity index (χ4v) is 8.06. The molecule has 4 aromatic rings. The van der Waals surface area contributed by atoms with Crippen LogP contribution in [0.4, 0.5) is 4.79 Å². The molecule has 15 heteroatoms. The van der Waals surface area contributed by atoms with Crippen molar-refractivity contribution in [3.05, 3.63) is 68.5 Å². The van der Waals surface area contributed by atoms with E-state index >= 15 is 0 Å². The Labute approximate surface area is 309 Å². The van der Waals surface area contributed by atoms with E-state index < -0.39 is 5.60 Å². The number of amides is 1. The van der Waals surface area contributed by atoms with E-state index in [1.165, 1.54) is 0 Å². The molecular weight excluding hydrogens is 688 g/mol. The molecule has 0 radical (unpaired) electrons. The molecule has 4 atom stereocenters. The zero-order valence-electron chi connectivity index (χ0n) is 30.9. The Morgan fingerprint density at radius 1 is 0.769 bits per heavy atom. The minimum Gasteiger partial charge on any atom is -0.444 e. The molecule has 284 valence electrons. The monoisotopic (exact) mass is 740 g/mol. The number of ether oxygens (including phenoxy) is 3. The molecular formula is C37H53ClN8O6. The molecule has 4 aliphatic heterocycles. The molecule has 0 saturated carbocycles. The van der Waals surface area contributed by atoms with Crippen LogP contribution in [0.1, 0.15) is 107 Å². The van der Waals surface area contributed by atoms with Crippen LogP contribution in [0.3, 0.4) is 0 Å². The van der Waals surface area contributed by atoms with Gasteiger partial charge in [-0.2, -0.15) is 0 Å². The van der Waals surface area contributed by atoms with Crippen LogP contribution < -0.4 is 16.4 Å². The number of carbonyl (C=O) groups excluding carboxylic acids is 1. The molecule has 1 amide bonds. The summed E-state index contributed by atoms with van der Waals surface area (Å²) in [6, 6.07) is 0. The standard InChI is InChI=1S/C21H30N4O4.C16H22N4O2.ClH/c1-13-10-24(20(27)29-21(2,3)4)11-15(13)16-12-25-17(19(26)23-16)9-22-18(25)14-5-7-28-8-6-14;1-10-6-17-7-12(10)13-9-20-14(16(21)19-13)8-18-15(20)11-2-4-22-5-3-11;/h9,12-15H,5-8,10-11H2,1-4H3,(H,23,26);8-12,17H,2-7H2,1H3,(H,19,21);1H/t13-,15-;10-,12-;/m11./s1. The highest BCUT2D eigenvalue weighted by molar-refractivity contribution is 5.85. The van der Waals surface area contributed by atoms with E-state index in [0.717, 1.165) is 88.2 Å². The number of halogens is 1. The van der Waals surface area contributed by atoms with Crippen molar-refractivity contribution in [3.8, 4) is 0 Å². The third kappa shape index (κ3) is 7.95. The van der Waals surface area contributed by atoms with Crippen molar-refractivity contribution in [2.45, 2.75) is 89.6 Å². The van der Waals surface area contributed by atoms with Crippen molar-refractivity contribution >= 4 is 29.5 Å². The highest BCUT2D eigenvalue weighted by atomic mass is 35.5. The van der Waals surface area contributed by atoms with Crippen LogP contribution in [0.25, 0.3) is 11.0 Å². The Morgan fingerprint density at radius 2 is 1.27 bits per heavy atom. The molecule has 4 aliphatic rings. The second kappa shape index (κ2) is 15.7. The number of aromatic amines is 2. The summed E-state index contributed by atoms with van der Waals surface area (Å²) in [5, 5.41) is 3.40. The molecule has 3 N–H and O–H groups in total. The van der Waals surface area contributed by atoms with Gasteiger partial charge in [-0.25, -0.2) is 14.8 Å². The minimum absolute atomic E-state index is 0. The first-order chi connectivity index (χ1) is 24.5. The molecule has 4 saturated heterocycles. The third-order valence-electron chi connectivity index (χ3n) is 10.9. The molecule has 0 unspecified atom stereocenters. The van der Waals surface area contributed by atoms with E-state index in [1.807, 2.05) is 35.8 Å². The first kappa shape index (κ1) is 38.0. The number of carbonyl (C=O) groups is 1. The topological polar surface area (TPSA) is 160 Å². The molecule has 0 aliphatic carbocycles. The van der Waals surface area contributed by atoms with Crippen LogP contribution >= 0.6 is 12.4 Å². The highest BCUT2D eigenvalue weighted by Gasteiger charge is 2.37. The van der Waals surface area contributed by atoms with Gasteiger partial charge in [0, 0.05) is 93.5 Å². The van der Waals surface area contributed by atoms with Crippen molar-refractivity contribution in [2.75, 3.05) is 52.6 Å². The fraction of sp³-hybridized carbons (Fsp3) is 0.649. The average molecular weight is 741 g/mol. The van der Waals surface area contributed by atoms with Gasteiger partial charge in [-0.05, 0) is 64.8 Å². The quantitative estimate of drug-likeness (QED) is 0.273. The first-order valence-corrected chi connectivity index (χ1v) is 18.5. The Morgan fingerprint density at radius 3 is 1.73 bits per heavy atom. The lowest BCUT2D eigenvalue weighted by atomic mass is 9.95. The summed E-state index contributed by atoms with van der Waals surface area (Å²) in [4.78, 5) is 54.5. The number of likely N-dealkylation sites (tertiary alicyclic amines) is 1. The predicted octanol–water partition coefficient (Wildman–Crippen LogP) is 4.55. The lowest BCUT2D eigenvalue weighted by molar-refractivity contribution is 0.0287. The van der Waals surface area contributed by atoms with Gasteiger partial charge in [-0.15, -0.1) is 12.4 Å². The summed E-state index contributed by atoms with van der Waals surface area (Å²) in [7, 11) is 0. The second-order valence-electron chi connectivity index (χ2n) is 15.8. The third-order valence-corrected chi connectivity index (χ3v) is 10.9. The molecule has 4 fully saturated rings. The lowest BCUT2D eigenvalue weighted by Gasteiger charge is -2.24. The van der Waals surface area contributed by atoms with E-state index in [1.54, 1.807) is 17.3 Å². The summed E-state index contributed by atoms with van der Waals surface area (Å²) in [5.41, 5.74) is 2.35. The smallest absolute Gasteiger partial charge is 0.410 e. The summed E-state index contributed by atoms with van der Waals surface area (Å²) in [5.74, 6) is 3.75. The molecule has 8 heterocycles. The molecule has 52 heavy (non-hydrogen) atoms. The summed E-state index contributed by atoms with van der Waals surface area (Å²) in [6.07, 6.45) is 10.9. The number of hydrogen-bond acceptors (Lipinski definition) is 9. The molecule has 8 rings (SSSR count). The van der Waals surface area contributed by atoms with Gasteiger partial charge in [0.05, 0.1) is 12.4 Å². The zero-order chi connectivity index (χ0) is 35.9. The van der Waals surface area contributed by atoms with Crippen LogP contribution in [0, 0.1) is 11.8 Å². The molecule has 0 bridgehead atoms. The van der Waals surface area contributed by atoms with E-state index in [2.05, 4.69) is 45.3 Å². The maximum atomic E-state index is 12.7. The average Bonchev–Trinajstić information content (AvgIpc) is 3.91. The van der Waals surface area contributed by atoms with Gasteiger partial charge in [0.2, 0.25) is 0 Å². The number of aromatic nitrogens is 6. The van der Waals surface area contributed by atoms with Crippen molar-refractivity contribution in [3.63, 3.8) is 0 Å². The Kier molecular flexibility index (Phi) is 11.5. The van der Waals surface area contributed by atoms with Crippen molar-refractivity contribution < 1.29 is 19.0 Å². The largest absolute Gasteiger partial charge is 0.444 e. The van der Waals surface area contributed by atoms with Gasteiger partial charge >= 0.3 is 6.09 Å². The highest BCUT2D eigenvalue weighted by Crippen LogP contribution is 2.33. The van der Waals surface area contributed by atoms with Crippen LogP contribution in [0.15, 0.2) is 34.4 Å². The van der Waals surface area contributed by atoms with Gasteiger partial charge < -0.3 is 34.4 Å². The molecule has 0 spiro atoms. The predicted molar refractivity (Wildman–Crippen MR) is 199 cm³/mol. The fourth-order valence-electron chi connectivity index (χ4n) is 8.06. The summed E-state index contributed by atoms with van der Waals surface area (Å²) < 4.78 is 20.4. The van der Waals surface area contributed by atoms with Crippen molar-refractivity contribution in [1.82, 2.24) is 39.0 Å². The summed E-state index contributed by atoms with van der Waals surface area (Å²) >= 11 is 0. The molecule has 14 nitrogen and oxygen atoms in total.